The molecule has 1 aromatic heterocycles. The van der Waals surface area contributed by atoms with Crippen molar-refractivity contribution in [1.29, 1.82) is 0 Å². The van der Waals surface area contributed by atoms with Crippen molar-refractivity contribution in [1.82, 2.24) is 4.98 Å². The molecule has 1 N–H and O–H groups in total. The van der Waals surface area contributed by atoms with Gasteiger partial charge >= 0.3 is 5.97 Å². The van der Waals surface area contributed by atoms with Gasteiger partial charge in [0.15, 0.2) is 0 Å². The van der Waals surface area contributed by atoms with E-state index < -0.39 is 0 Å². The maximum Gasteiger partial charge on any atom is 0.337 e. The zero-order valence-corrected chi connectivity index (χ0v) is 17.6. The lowest BCUT2D eigenvalue weighted by atomic mass is 10.2. The normalized spacial score (nSPS) is 10.7. The second-order valence-electron chi connectivity index (χ2n) is 6.30. The lowest BCUT2D eigenvalue weighted by Crippen LogP contribution is -2.05. The van der Waals surface area contributed by atoms with E-state index in [2.05, 4.69) is 20.2 Å². The van der Waals surface area contributed by atoms with Crippen LogP contribution in [-0.2, 0) is 4.74 Å². The molecule has 0 aliphatic heterocycles. The molecule has 0 atom stereocenters. The van der Waals surface area contributed by atoms with E-state index in [-0.39, 0.29) is 5.97 Å². The third-order valence-electron chi connectivity index (χ3n) is 3.95. The summed E-state index contributed by atoms with van der Waals surface area (Å²) < 4.78 is 16.1. The minimum absolute atomic E-state index is 0.365. The zero-order chi connectivity index (χ0) is 21.2. The number of ether oxygens (including phenoxy) is 3. The predicted molar refractivity (Wildman–Crippen MR) is 118 cm³/mol. The monoisotopic (exact) mass is 425 g/mol. The summed E-state index contributed by atoms with van der Waals surface area (Å²) in [7, 11) is 1.36. The van der Waals surface area contributed by atoms with Gasteiger partial charge in [-0.3, -0.25) is 5.43 Å². The highest BCUT2D eigenvalue weighted by Gasteiger charge is 2.04. The number of thiazole rings is 1. The van der Waals surface area contributed by atoms with E-state index in [0.29, 0.717) is 24.5 Å². The molecule has 8 heteroatoms. The SMILES string of the molecule is COC(=O)c1ccc(OCCCOc2cccc(C=NNc3nc(C)cs3)c2)cc1. The standard InChI is InChI=1S/C22H23N3O4S/c1-16-15-30-22(24-16)25-23-14-17-5-3-6-20(13-17)29-12-4-11-28-19-9-7-18(8-10-19)21(26)27-2/h3,5-10,13-15H,4,11-12H2,1-2H3,(H,24,25). The van der Waals surface area contributed by atoms with Crippen LogP contribution in [0.25, 0.3) is 0 Å². The molecule has 156 valence electrons. The Labute approximate surface area is 179 Å². The van der Waals surface area contributed by atoms with Gasteiger partial charge in [0, 0.05) is 11.8 Å². The van der Waals surface area contributed by atoms with E-state index in [9.17, 15) is 4.79 Å². The van der Waals surface area contributed by atoms with Gasteiger partial charge in [0.05, 0.1) is 37.8 Å². The predicted octanol–water partition coefficient (Wildman–Crippen LogP) is 4.53. The molecule has 7 nitrogen and oxygen atoms in total. The second-order valence-corrected chi connectivity index (χ2v) is 7.16. The van der Waals surface area contributed by atoms with Crippen molar-refractivity contribution in [3.63, 3.8) is 0 Å². The molecule has 3 aromatic rings. The van der Waals surface area contributed by atoms with Gasteiger partial charge < -0.3 is 14.2 Å². The smallest absolute Gasteiger partial charge is 0.337 e. The van der Waals surface area contributed by atoms with Gasteiger partial charge in [0.25, 0.3) is 0 Å². The van der Waals surface area contributed by atoms with Crippen molar-refractivity contribution in [3.8, 4) is 11.5 Å². The van der Waals surface area contributed by atoms with Crippen LogP contribution in [-0.4, -0.2) is 37.5 Å². The molecule has 30 heavy (non-hydrogen) atoms. The summed E-state index contributed by atoms with van der Waals surface area (Å²) in [5.41, 5.74) is 5.30. The van der Waals surface area contributed by atoms with E-state index in [1.807, 2.05) is 36.6 Å². The number of aromatic nitrogens is 1. The molecular weight excluding hydrogens is 402 g/mol. The van der Waals surface area contributed by atoms with Crippen LogP contribution in [0.2, 0.25) is 0 Å². The summed E-state index contributed by atoms with van der Waals surface area (Å²) in [6.07, 6.45) is 2.45. The van der Waals surface area contributed by atoms with Gasteiger partial charge in [-0.05, 0) is 48.9 Å². The van der Waals surface area contributed by atoms with Gasteiger partial charge in [-0.1, -0.05) is 12.1 Å². The van der Waals surface area contributed by atoms with Crippen LogP contribution in [0.3, 0.4) is 0 Å². The van der Waals surface area contributed by atoms with Gasteiger partial charge in [-0.15, -0.1) is 11.3 Å². The first-order chi connectivity index (χ1) is 14.6. The van der Waals surface area contributed by atoms with Crippen LogP contribution in [0.1, 0.15) is 28.0 Å². The summed E-state index contributed by atoms with van der Waals surface area (Å²) in [4.78, 5) is 15.7. The van der Waals surface area contributed by atoms with Crippen LogP contribution in [0.15, 0.2) is 59.0 Å². The first kappa shape index (κ1) is 21.3. The number of hydrazone groups is 1. The Bertz CT molecular complexity index is 986. The lowest BCUT2D eigenvalue weighted by molar-refractivity contribution is 0.0600. The molecule has 0 radical (unpaired) electrons. The highest BCUT2D eigenvalue weighted by molar-refractivity contribution is 7.13. The van der Waals surface area contributed by atoms with Crippen molar-refractivity contribution >= 4 is 28.7 Å². The van der Waals surface area contributed by atoms with Gasteiger partial charge in [0.2, 0.25) is 5.13 Å². The third-order valence-corrected chi connectivity index (χ3v) is 4.82. The summed E-state index contributed by atoms with van der Waals surface area (Å²) in [6.45, 7) is 2.98. The van der Waals surface area contributed by atoms with Crippen molar-refractivity contribution in [2.24, 2.45) is 5.10 Å². The number of hydrogen-bond acceptors (Lipinski definition) is 8. The fourth-order valence-corrected chi connectivity index (χ4v) is 3.13. The van der Waals surface area contributed by atoms with Crippen molar-refractivity contribution in [2.75, 3.05) is 25.7 Å². The molecule has 1 heterocycles. The van der Waals surface area contributed by atoms with E-state index >= 15 is 0 Å². The molecule has 3 rings (SSSR count). The number of nitrogens with one attached hydrogen (secondary N) is 1. The average molecular weight is 426 g/mol. The number of carbonyl (C=O) groups is 1. The maximum absolute atomic E-state index is 11.4. The lowest BCUT2D eigenvalue weighted by Gasteiger charge is -2.09. The van der Waals surface area contributed by atoms with Crippen LogP contribution in [0, 0.1) is 6.92 Å². The zero-order valence-electron chi connectivity index (χ0n) is 16.8. The first-order valence-corrected chi connectivity index (χ1v) is 10.3. The minimum atomic E-state index is -0.365. The van der Waals surface area contributed by atoms with Crippen molar-refractivity contribution < 1.29 is 19.0 Å². The van der Waals surface area contributed by atoms with Crippen LogP contribution in [0.5, 0.6) is 11.5 Å². The molecule has 0 bridgehead atoms. The molecular formula is C22H23N3O4S. The number of carbonyl (C=O) groups excluding carboxylic acids is 1. The van der Waals surface area contributed by atoms with Crippen molar-refractivity contribution in [3.05, 3.63) is 70.7 Å². The maximum atomic E-state index is 11.4. The molecule has 2 aromatic carbocycles. The molecule has 0 amide bonds. The molecule has 0 saturated carbocycles. The average Bonchev–Trinajstić information content (AvgIpc) is 3.18. The van der Waals surface area contributed by atoms with Gasteiger partial charge in [-0.25, -0.2) is 9.78 Å². The number of hydrogen-bond donors (Lipinski definition) is 1. The Morgan fingerprint density at radius 1 is 1.13 bits per heavy atom. The number of benzene rings is 2. The van der Waals surface area contributed by atoms with E-state index in [1.54, 1.807) is 30.5 Å². The second kappa shape index (κ2) is 11.0. The van der Waals surface area contributed by atoms with Crippen LogP contribution >= 0.6 is 11.3 Å². The van der Waals surface area contributed by atoms with E-state index in [0.717, 1.165) is 28.6 Å². The molecule has 0 spiro atoms. The van der Waals surface area contributed by atoms with Crippen LogP contribution in [0.4, 0.5) is 5.13 Å². The highest BCUT2D eigenvalue weighted by Crippen LogP contribution is 2.16. The molecule has 0 aliphatic carbocycles. The molecule has 0 aliphatic rings. The number of rotatable bonds is 10. The fourth-order valence-electron chi connectivity index (χ4n) is 2.50. The number of nitrogens with zero attached hydrogens (tertiary/aromatic N) is 2. The Balaban J connectivity index is 1.38. The number of methoxy groups -OCH3 is 1. The van der Waals surface area contributed by atoms with E-state index in [4.69, 9.17) is 9.47 Å². The van der Waals surface area contributed by atoms with Gasteiger partial charge in [-0.2, -0.15) is 5.10 Å². The van der Waals surface area contributed by atoms with Crippen molar-refractivity contribution in [2.45, 2.75) is 13.3 Å². The topological polar surface area (TPSA) is 82.0 Å². The first-order valence-electron chi connectivity index (χ1n) is 9.39. The summed E-state index contributed by atoms with van der Waals surface area (Å²) in [6, 6.07) is 14.5. The molecule has 0 fully saturated rings. The Kier molecular flexibility index (Phi) is 7.79. The van der Waals surface area contributed by atoms with Crippen LogP contribution < -0.4 is 14.9 Å². The summed E-state index contributed by atoms with van der Waals surface area (Å²) in [5, 5.41) is 6.93. The molecule has 0 saturated heterocycles. The van der Waals surface area contributed by atoms with E-state index in [1.165, 1.54) is 18.4 Å². The summed E-state index contributed by atoms with van der Waals surface area (Å²) in [5.74, 6) is 1.10. The minimum Gasteiger partial charge on any atom is -0.493 e. The highest BCUT2D eigenvalue weighted by atomic mass is 32.1. The largest absolute Gasteiger partial charge is 0.493 e. The Hall–Kier alpha value is -3.39. The quantitative estimate of drug-likeness (QED) is 0.222. The number of esters is 1. The fraction of sp³-hybridized carbons (Fsp3) is 0.227. The number of anilines is 1. The number of aryl methyl sites for hydroxylation is 1. The third kappa shape index (κ3) is 6.59. The summed E-state index contributed by atoms with van der Waals surface area (Å²) >= 11 is 1.51. The molecule has 0 unspecified atom stereocenters. The Morgan fingerprint density at radius 3 is 2.60 bits per heavy atom. The van der Waals surface area contributed by atoms with Gasteiger partial charge in [0.1, 0.15) is 11.5 Å². The Morgan fingerprint density at radius 2 is 1.90 bits per heavy atom.